The molecule has 0 aliphatic carbocycles. The van der Waals surface area contributed by atoms with Crippen LogP contribution in [0.2, 0.25) is 0 Å². The highest BCUT2D eigenvalue weighted by atomic mass is 79.9. The van der Waals surface area contributed by atoms with E-state index in [0.717, 1.165) is 30.0 Å². The largest absolute Gasteiger partial charge is 0.207 e. The van der Waals surface area contributed by atoms with Crippen molar-refractivity contribution in [3.05, 3.63) is 29.8 Å². The molecule has 0 radical (unpaired) electrons. The summed E-state index contributed by atoms with van der Waals surface area (Å²) in [4.78, 5) is 0.535. The van der Waals surface area contributed by atoms with Gasteiger partial charge >= 0.3 is 0 Å². The molecule has 0 bridgehead atoms. The summed E-state index contributed by atoms with van der Waals surface area (Å²) in [5.74, 6) is 0.527. The molecule has 1 atom stereocenters. The molecule has 1 aromatic carbocycles. The molecular weight excluding hydrogens is 294 g/mol. The lowest BCUT2D eigenvalue weighted by molar-refractivity contribution is 0.552. The molecule has 0 aromatic heterocycles. The van der Waals surface area contributed by atoms with Crippen molar-refractivity contribution in [1.82, 2.24) is 0 Å². The fraction of sp³-hybridized carbons (Fsp3) is 0.500. The van der Waals surface area contributed by atoms with Crippen molar-refractivity contribution in [2.45, 2.75) is 24.7 Å². The molecule has 16 heavy (non-hydrogen) atoms. The van der Waals surface area contributed by atoms with Gasteiger partial charge in [-0.25, -0.2) is 8.78 Å². The Morgan fingerprint density at radius 3 is 2.69 bits per heavy atom. The molecule has 0 saturated carbocycles. The molecule has 90 valence electrons. The van der Waals surface area contributed by atoms with E-state index in [1.165, 1.54) is 23.9 Å². The maximum Gasteiger partial charge on any atom is 0.139 e. The van der Waals surface area contributed by atoms with Crippen molar-refractivity contribution in [1.29, 1.82) is 0 Å². The number of benzene rings is 1. The molecule has 0 saturated heterocycles. The van der Waals surface area contributed by atoms with Crippen LogP contribution in [0.25, 0.3) is 0 Å². The highest BCUT2D eigenvalue weighted by Gasteiger charge is 2.06. The Balaban J connectivity index is 2.37. The predicted octanol–water partition coefficient (Wildman–Crippen LogP) is 4.87. The van der Waals surface area contributed by atoms with Crippen LogP contribution in [0.4, 0.5) is 8.78 Å². The van der Waals surface area contributed by atoms with E-state index in [9.17, 15) is 8.78 Å². The highest BCUT2D eigenvalue weighted by molar-refractivity contribution is 9.09. The lowest BCUT2D eigenvalue weighted by Crippen LogP contribution is -1.97. The third-order valence-corrected chi connectivity index (χ3v) is 3.90. The molecule has 0 heterocycles. The third kappa shape index (κ3) is 4.83. The van der Waals surface area contributed by atoms with Crippen LogP contribution in [-0.4, -0.2) is 11.1 Å². The van der Waals surface area contributed by atoms with Crippen LogP contribution >= 0.6 is 27.7 Å². The lowest BCUT2D eigenvalue weighted by atomic mass is 10.1. The number of halogens is 3. The van der Waals surface area contributed by atoms with Crippen molar-refractivity contribution < 1.29 is 8.78 Å². The zero-order valence-electron chi connectivity index (χ0n) is 9.18. The van der Waals surface area contributed by atoms with Gasteiger partial charge in [-0.05, 0) is 36.6 Å². The normalized spacial score (nSPS) is 12.8. The topological polar surface area (TPSA) is 0 Å². The van der Waals surface area contributed by atoms with Gasteiger partial charge in [0.15, 0.2) is 0 Å². The number of rotatable bonds is 6. The first-order chi connectivity index (χ1) is 7.63. The van der Waals surface area contributed by atoms with Gasteiger partial charge in [0, 0.05) is 16.3 Å². The summed E-state index contributed by atoms with van der Waals surface area (Å²) in [5.41, 5.74) is 0. The third-order valence-electron chi connectivity index (χ3n) is 2.36. The first kappa shape index (κ1) is 14.0. The predicted molar refractivity (Wildman–Crippen MR) is 69.3 cm³/mol. The van der Waals surface area contributed by atoms with Crippen LogP contribution in [0.15, 0.2) is 23.1 Å². The van der Waals surface area contributed by atoms with Crippen LogP contribution < -0.4 is 0 Å². The molecule has 4 heteroatoms. The van der Waals surface area contributed by atoms with Crippen LogP contribution in [-0.2, 0) is 0 Å². The standard InChI is InChI=1S/C12H15BrF2S/c1-9(4-6-13)5-7-16-12-3-2-10(14)8-11(12)15/h2-3,8-9H,4-7H2,1H3. The van der Waals surface area contributed by atoms with Crippen LogP contribution in [0.5, 0.6) is 0 Å². The Labute approximate surface area is 108 Å². The average molecular weight is 309 g/mol. The second-order valence-electron chi connectivity index (χ2n) is 3.79. The number of thioether (sulfide) groups is 1. The Kier molecular flexibility index (Phi) is 6.36. The minimum absolute atomic E-state index is 0.460. The molecule has 1 rings (SSSR count). The van der Waals surface area contributed by atoms with Crippen molar-refractivity contribution in [3.8, 4) is 0 Å². The molecule has 0 aliphatic rings. The smallest absolute Gasteiger partial charge is 0.139 e. The minimum atomic E-state index is -0.519. The molecule has 0 amide bonds. The molecule has 0 aliphatic heterocycles. The second kappa shape index (κ2) is 7.28. The van der Waals surface area contributed by atoms with Crippen LogP contribution in [0.3, 0.4) is 0 Å². The van der Waals surface area contributed by atoms with Gasteiger partial charge in [0.25, 0.3) is 0 Å². The summed E-state index contributed by atoms with van der Waals surface area (Å²) in [5, 5.41) is 1.00. The van der Waals surface area contributed by atoms with Gasteiger partial charge in [-0.3, -0.25) is 0 Å². The fourth-order valence-electron chi connectivity index (χ4n) is 1.29. The van der Waals surface area contributed by atoms with Crippen molar-refractivity contribution >= 4 is 27.7 Å². The molecule has 0 N–H and O–H groups in total. The average Bonchev–Trinajstić information content (AvgIpc) is 2.22. The molecule has 0 nitrogen and oxygen atoms in total. The molecule has 1 unspecified atom stereocenters. The molecule has 1 aromatic rings. The van der Waals surface area contributed by atoms with E-state index in [0.29, 0.717) is 10.8 Å². The van der Waals surface area contributed by atoms with Crippen molar-refractivity contribution in [2.24, 2.45) is 5.92 Å². The first-order valence-corrected chi connectivity index (χ1v) is 7.38. The summed E-state index contributed by atoms with van der Waals surface area (Å²) in [6, 6.07) is 3.74. The fourth-order valence-corrected chi connectivity index (χ4v) is 3.18. The molecule has 0 fully saturated rings. The van der Waals surface area contributed by atoms with Gasteiger partial charge in [0.1, 0.15) is 11.6 Å². The lowest BCUT2D eigenvalue weighted by Gasteiger charge is -2.09. The Bertz CT molecular complexity index is 331. The van der Waals surface area contributed by atoms with E-state index in [1.807, 2.05) is 0 Å². The van der Waals surface area contributed by atoms with Crippen molar-refractivity contribution in [2.75, 3.05) is 11.1 Å². The van der Waals surface area contributed by atoms with Gasteiger partial charge in [-0.2, -0.15) is 0 Å². The monoisotopic (exact) mass is 308 g/mol. The number of hydrogen-bond donors (Lipinski definition) is 0. The summed E-state index contributed by atoms with van der Waals surface area (Å²) in [6.45, 7) is 2.18. The quantitative estimate of drug-likeness (QED) is 0.534. The van der Waals surface area contributed by atoms with Gasteiger partial charge < -0.3 is 0 Å². The SMILES string of the molecule is CC(CCBr)CCSc1ccc(F)cc1F. The zero-order chi connectivity index (χ0) is 12.0. The summed E-state index contributed by atoms with van der Waals surface area (Å²) in [6.07, 6.45) is 2.18. The Morgan fingerprint density at radius 2 is 2.06 bits per heavy atom. The van der Waals surface area contributed by atoms with E-state index in [2.05, 4.69) is 22.9 Å². The highest BCUT2D eigenvalue weighted by Crippen LogP contribution is 2.24. The summed E-state index contributed by atoms with van der Waals surface area (Å²) >= 11 is 4.85. The van der Waals surface area contributed by atoms with E-state index in [4.69, 9.17) is 0 Å². The van der Waals surface area contributed by atoms with Gasteiger partial charge in [0.05, 0.1) is 0 Å². The summed E-state index contributed by atoms with van der Waals surface area (Å²) in [7, 11) is 0. The van der Waals surface area contributed by atoms with Crippen LogP contribution in [0, 0.1) is 17.6 Å². The number of alkyl halides is 1. The molecular formula is C12H15BrF2S. The maximum absolute atomic E-state index is 13.3. The van der Waals surface area contributed by atoms with Crippen molar-refractivity contribution in [3.63, 3.8) is 0 Å². The van der Waals surface area contributed by atoms with E-state index in [-0.39, 0.29) is 0 Å². The van der Waals surface area contributed by atoms with Gasteiger partial charge in [-0.1, -0.05) is 22.9 Å². The van der Waals surface area contributed by atoms with Crippen LogP contribution in [0.1, 0.15) is 19.8 Å². The maximum atomic E-state index is 13.3. The first-order valence-electron chi connectivity index (χ1n) is 5.27. The van der Waals surface area contributed by atoms with E-state index < -0.39 is 11.6 Å². The van der Waals surface area contributed by atoms with Gasteiger partial charge in [-0.15, -0.1) is 11.8 Å². The van der Waals surface area contributed by atoms with E-state index in [1.54, 1.807) is 0 Å². The second-order valence-corrected chi connectivity index (χ2v) is 5.72. The zero-order valence-corrected chi connectivity index (χ0v) is 11.6. The Hall–Kier alpha value is -0.0900. The van der Waals surface area contributed by atoms with E-state index >= 15 is 0 Å². The Morgan fingerprint density at radius 1 is 1.31 bits per heavy atom. The summed E-state index contributed by atoms with van der Waals surface area (Å²) < 4.78 is 25.9. The minimum Gasteiger partial charge on any atom is -0.207 e. The molecule has 0 spiro atoms. The van der Waals surface area contributed by atoms with Gasteiger partial charge in [0.2, 0.25) is 0 Å². The number of hydrogen-bond acceptors (Lipinski definition) is 1.